The van der Waals surface area contributed by atoms with Crippen LogP contribution >= 0.6 is 15.9 Å². The summed E-state index contributed by atoms with van der Waals surface area (Å²) >= 11 is 3.48. The number of benzene rings is 1. The quantitative estimate of drug-likeness (QED) is 0.857. The third kappa shape index (κ3) is 2.92. The Balaban J connectivity index is 2.15. The monoisotopic (exact) mass is 295 g/mol. The smallest absolute Gasteiger partial charge is 0.0409 e. The van der Waals surface area contributed by atoms with Gasteiger partial charge in [-0.3, -0.25) is 0 Å². The maximum absolute atomic E-state index is 6.59. The average Bonchev–Trinajstić information content (AvgIpc) is 2.30. The highest BCUT2D eigenvalue weighted by Crippen LogP contribution is 2.39. The fraction of sp³-hybridized carbons (Fsp3) is 0.600. The van der Waals surface area contributed by atoms with Crippen LogP contribution < -0.4 is 5.73 Å². The summed E-state index contributed by atoms with van der Waals surface area (Å²) < 4.78 is 1.12. The van der Waals surface area contributed by atoms with Crippen LogP contribution in [0.4, 0.5) is 0 Å². The molecule has 1 aliphatic rings. The van der Waals surface area contributed by atoms with Crippen molar-refractivity contribution in [3.8, 4) is 0 Å². The van der Waals surface area contributed by atoms with Gasteiger partial charge in [-0.05, 0) is 49.3 Å². The zero-order chi connectivity index (χ0) is 12.5. The first-order chi connectivity index (χ1) is 8.00. The Labute approximate surface area is 113 Å². The van der Waals surface area contributed by atoms with Gasteiger partial charge in [0.2, 0.25) is 0 Å². The number of hydrogen-bond acceptors (Lipinski definition) is 1. The minimum Gasteiger partial charge on any atom is -0.321 e. The Kier molecular flexibility index (Phi) is 3.94. The van der Waals surface area contributed by atoms with Gasteiger partial charge < -0.3 is 5.73 Å². The average molecular weight is 296 g/mol. The lowest BCUT2D eigenvalue weighted by molar-refractivity contribution is 0.193. The van der Waals surface area contributed by atoms with E-state index in [4.69, 9.17) is 5.73 Å². The first-order valence-electron chi connectivity index (χ1n) is 6.55. The summed E-state index contributed by atoms with van der Waals surface area (Å²) in [5.41, 5.74) is 7.68. The van der Waals surface area contributed by atoms with Gasteiger partial charge in [-0.1, -0.05) is 47.8 Å². The molecule has 1 aliphatic carbocycles. The molecule has 0 aromatic heterocycles. The maximum Gasteiger partial charge on any atom is 0.0409 e. The molecule has 2 N–H and O–H groups in total. The molecule has 0 radical (unpaired) electrons. The van der Waals surface area contributed by atoms with Crippen molar-refractivity contribution in [2.24, 2.45) is 17.6 Å². The molecule has 1 nitrogen and oxygen atoms in total. The zero-order valence-electron chi connectivity index (χ0n) is 10.7. The van der Waals surface area contributed by atoms with E-state index < -0.39 is 0 Å². The highest BCUT2D eigenvalue weighted by molar-refractivity contribution is 9.10. The van der Waals surface area contributed by atoms with Crippen molar-refractivity contribution in [2.45, 2.75) is 45.1 Å². The molecule has 1 unspecified atom stereocenters. The summed E-state index contributed by atoms with van der Waals surface area (Å²) in [6, 6.07) is 8.49. The first-order valence-corrected chi connectivity index (χ1v) is 7.34. The second-order valence-corrected chi connectivity index (χ2v) is 6.66. The molecule has 1 aromatic carbocycles. The summed E-state index contributed by atoms with van der Waals surface area (Å²) in [5.74, 6) is 1.51. The van der Waals surface area contributed by atoms with Crippen LogP contribution in [0.25, 0.3) is 0 Å². The van der Waals surface area contributed by atoms with Crippen molar-refractivity contribution in [1.82, 2.24) is 0 Å². The largest absolute Gasteiger partial charge is 0.321 e. The van der Waals surface area contributed by atoms with E-state index in [1.54, 1.807) is 0 Å². The zero-order valence-corrected chi connectivity index (χ0v) is 12.3. The highest BCUT2D eigenvalue weighted by atomic mass is 79.9. The van der Waals surface area contributed by atoms with Crippen molar-refractivity contribution in [3.05, 3.63) is 34.3 Å². The van der Waals surface area contributed by atoms with Crippen LogP contribution in [0, 0.1) is 11.8 Å². The Morgan fingerprint density at radius 3 is 2.18 bits per heavy atom. The van der Waals surface area contributed by atoms with E-state index in [9.17, 15) is 0 Å². The van der Waals surface area contributed by atoms with Gasteiger partial charge in [0.25, 0.3) is 0 Å². The summed E-state index contributed by atoms with van der Waals surface area (Å²) in [6.07, 6.45) is 5.19. The van der Waals surface area contributed by atoms with Crippen LogP contribution in [-0.4, -0.2) is 0 Å². The Morgan fingerprint density at radius 1 is 1.12 bits per heavy atom. The fourth-order valence-electron chi connectivity index (χ4n) is 2.90. The van der Waals surface area contributed by atoms with E-state index in [1.165, 1.54) is 31.2 Å². The van der Waals surface area contributed by atoms with E-state index >= 15 is 0 Å². The molecule has 0 heterocycles. The number of hydrogen-bond donors (Lipinski definition) is 1. The third-order valence-corrected chi connectivity index (χ3v) is 4.86. The molecule has 1 saturated carbocycles. The second-order valence-electron chi connectivity index (χ2n) is 5.75. The summed E-state index contributed by atoms with van der Waals surface area (Å²) in [4.78, 5) is 0. The topological polar surface area (TPSA) is 26.0 Å². The molecule has 17 heavy (non-hydrogen) atoms. The molecule has 0 aliphatic heterocycles. The molecule has 0 saturated heterocycles. The van der Waals surface area contributed by atoms with Crippen LogP contribution in [0.2, 0.25) is 0 Å². The van der Waals surface area contributed by atoms with E-state index in [0.717, 1.165) is 10.4 Å². The fourth-order valence-corrected chi connectivity index (χ4v) is 3.17. The van der Waals surface area contributed by atoms with Gasteiger partial charge in [0.05, 0.1) is 0 Å². The van der Waals surface area contributed by atoms with Crippen molar-refractivity contribution in [2.75, 3.05) is 0 Å². The van der Waals surface area contributed by atoms with Gasteiger partial charge in [0.1, 0.15) is 0 Å². The minimum absolute atomic E-state index is 0.180. The predicted octanol–water partition coefficient (Wildman–Crippen LogP) is 4.45. The molecule has 1 atom stereocenters. The van der Waals surface area contributed by atoms with Crippen LogP contribution in [0.3, 0.4) is 0 Å². The van der Waals surface area contributed by atoms with Gasteiger partial charge in [0, 0.05) is 10.0 Å². The van der Waals surface area contributed by atoms with Gasteiger partial charge in [0.15, 0.2) is 0 Å². The molecule has 94 valence electrons. The Bertz CT molecular complexity index is 361. The van der Waals surface area contributed by atoms with Gasteiger partial charge >= 0.3 is 0 Å². The van der Waals surface area contributed by atoms with E-state index in [2.05, 4.69) is 54.0 Å². The van der Waals surface area contributed by atoms with Gasteiger partial charge in [-0.2, -0.15) is 0 Å². The SMILES string of the molecule is CC1CCC(C(C)(N)c2ccc(Br)cc2)CC1. The molecular weight excluding hydrogens is 274 g/mol. The van der Waals surface area contributed by atoms with Crippen molar-refractivity contribution in [1.29, 1.82) is 0 Å². The second kappa shape index (κ2) is 5.11. The molecule has 1 aromatic rings. The number of nitrogens with two attached hydrogens (primary N) is 1. The molecule has 0 amide bonds. The number of halogens is 1. The third-order valence-electron chi connectivity index (χ3n) is 4.33. The summed E-state index contributed by atoms with van der Waals surface area (Å²) in [6.45, 7) is 4.54. The van der Waals surface area contributed by atoms with Gasteiger partial charge in [-0.15, -0.1) is 0 Å². The highest BCUT2D eigenvalue weighted by Gasteiger charge is 2.33. The molecule has 0 bridgehead atoms. The molecular formula is C15H22BrN. The van der Waals surface area contributed by atoms with Gasteiger partial charge in [-0.25, -0.2) is 0 Å². The van der Waals surface area contributed by atoms with Crippen LogP contribution in [0.5, 0.6) is 0 Å². The number of rotatable bonds is 2. The molecule has 1 fully saturated rings. The van der Waals surface area contributed by atoms with Crippen LogP contribution in [0.1, 0.15) is 45.1 Å². The lowest BCUT2D eigenvalue weighted by Crippen LogP contribution is -2.42. The Morgan fingerprint density at radius 2 is 1.65 bits per heavy atom. The van der Waals surface area contributed by atoms with E-state index in [1.807, 2.05) is 0 Å². The van der Waals surface area contributed by atoms with Crippen molar-refractivity contribution in [3.63, 3.8) is 0 Å². The Hall–Kier alpha value is -0.340. The van der Waals surface area contributed by atoms with Crippen LogP contribution in [-0.2, 0) is 5.54 Å². The van der Waals surface area contributed by atoms with Crippen molar-refractivity contribution < 1.29 is 0 Å². The van der Waals surface area contributed by atoms with E-state index in [0.29, 0.717) is 5.92 Å². The first kappa shape index (κ1) is 13.1. The van der Waals surface area contributed by atoms with Crippen molar-refractivity contribution >= 4 is 15.9 Å². The lowest BCUT2D eigenvalue weighted by Gasteiger charge is -2.39. The summed E-state index contributed by atoms with van der Waals surface area (Å²) in [5, 5.41) is 0. The molecule has 2 heteroatoms. The normalized spacial score (nSPS) is 28.7. The summed E-state index contributed by atoms with van der Waals surface area (Å²) in [7, 11) is 0. The lowest BCUT2D eigenvalue weighted by atomic mass is 9.70. The maximum atomic E-state index is 6.59. The standard InChI is InChI=1S/C15H22BrN/c1-11-3-5-12(6-4-11)15(2,17)13-7-9-14(16)10-8-13/h7-12H,3-6,17H2,1-2H3. The van der Waals surface area contributed by atoms with E-state index in [-0.39, 0.29) is 5.54 Å². The van der Waals surface area contributed by atoms with Crippen LogP contribution in [0.15, 0.2) is 28.7 Å². The predicted molar refractivity (Wildman–Crippen MR) is 76.8 cm³/mol. The molecule has 0 spiro atoms. The minimum atomic E-state index is -0.180. The molecule has 2 rings (SSSR count).